The topological polar surface area (TPSA) is 62.7 Å². The number of pyridine rings is 1. The fourth-order valence-electron chi connectivity index (χ4n) is 4.72. The van der Waals surface area contributed by atoms with Gasteiger partial charge in [0.2, 0.25) is 0 Å². The maximum absolute atomic E-state index is 13.1. The molecule has 1 fully saturated rings. The number of aromatic nitrogens is 1. The quantitative estimate of drug-likeness (QED) is 0.748. The Labute approximate surface area is 171 Å². The van der Waals surface area contributed by atoms with E-state index < -0.39 is 5.97 Å². The van der Waals surface area contributed by atoms with Crippen molar-refractivity contribution in [2.45, 2.75) is 33.2 Å². The predicted octanol–water partition coefficient (Wildman–Crippen LogP) is 2.88. The van der Waals surface area contributed by atoms with Crippen LogP contribution in [0.3, 0.4) is 0 Å². The zero-order valence-electron chi connectivity index (χ0n) is 17.5. The molecule has 2 aromatic rings. The monoisotopic (exact) mass is 395 g/mol. The Morgan fingerprint density at radius 1 is 1.17 bits per heavy atom. The SMILES string of the molecule is CC1CC(C)CN(C(=O)COC(=O)c2c3c(nc4ccccc24)CCN(C)C3)C1. The molecule has 154 valence electrons. The molecule has 2 unspecified atom stereocenters. The number of fused-ring (bicyclic) bond motifs is 2. The molecule has 6 nitrogen and oxygen atoms in total. The second-order valence-electron chi connectivity index (χ2n) is 8.74. The molecule has 1 aromatic carbocycles. The van der Waals surface area contributed by atoms with E-state index in [1.165, 1.54) is 0 Å². The van der Waals surface area contributed by atoms with Gasteiger partial charge in [0, 0.05) is 49.2 Å². The van der Waals surface area contributed by atoms with Crippen molar-refractivity contribution in [3.05, 3.63) is 41.1 Å². The van der Waals surface area contributed by atoms with Crippen molar-refractivity contribution < 1.29 is 14.3 Å². The number of hydrogen-bond acceptors (Lipinski definition) is 5. The maximum Gasteiger partial charge on any atom is 0.339 e. The molecule has 1 aromatic heterocycles. The zero-order chi connectivity index (χ0) is 20.5. The van der Waals surface area contributed by atoms with Crippen LogP contribution in [0.25, 0.3) is 10.9 Å². The number of nitrogens with zero attached hydrogens (tertiary/aromatic N) is 3. The Kier molecular flexibility index (Phi) is 5.54. The third-order valence-electron chi connectivity index (χ3n) is 5.99. The molecule has 4 rings (SSSR count). The average molecular weight is 396 g/mol. The van der Waals surface area contributed by atoms with E-state index in [1.807, 2.05) is 36.2 Å². The van der Waals surface area contributed by atoms with E-state index in [0.717, 1.165) is 54.6 Å². The summed E-state index contributed by atoms with van der Waals surface area (Å²) in [7, 11) is 2.04. The Morgan fingerprint density at radius 3 is 2.66 bits per heavy atom. The van der Waals surface area contributed by atoms with E-state index in [1.54, 1.807) is 0 Å². The molecule has 0 spiro atoms. The summed E-state index contributed by atoms with van der Waals surface area (Å²) in [5.41, 5.74) is 3.24. The van der Waals surface area contributed by atoms with E-state index >= 15 is 0 Å². The van der Waals surface area contributed by atoms with Gasteiger partial charge >= 0.3 is 5.97 Å². The lowest BCUT2D eigenvalue weighted by Gasteiger charge is -2.34. The number of amides is 1. The summed E-state index contributed by atoms with van der Waals surface area (Å²) in [6.45, 7) is 7.16. The normalized spacial score (nSPS) is 22.4. The minimum Gasteiger partial charge on any atom is -0.452 e. The van der Waals surface area contributed by atoms with E-state index in [2.05, 4.69) is 18.7 Å². The third kappa shape index (κ3) is 4.13. The van der Waals surface area contributed by atoms with Gasteiger partial charge in [-0.05, 0) is 31.4 Å². The van der Waals surface area contributed by atoms with Crippen LogP contribution in [0.1, 0.15) is 41.9 Å². The van der Waals surface area contributed by atoms with Crippen LogP contribution in [0.15, 0.2) is 24.3 Å². The number of hydrogen-bond donors (Lipinski definition) is 0. The van der Waals surface area contributed by atoms with Gasteiger partial charge in [-0.15, -0.1) is 0 Å². The highest BCUT2D eigenvalue weighted by atomic mass is 16.5. The minimum atomic E-state index is -0.429. The van der Waals surface area contributed by atoms with Gasteiger partial charge in [0.25, 0.3) is 5.91 Å². The molecule has 2 atom stereocenters. The summed E-state index contributed by atoms with van der Waals surface area (Å²) in [6, 6.07) is 7.66. The molecule has 0 bridgehead atoms. The second-order valence-corrected chi connectivity index (χ2v) is 8.74. The summed E-state index contributed by atoms with van der Waals surface area (Å²) in [5.74, 6) is 0.415. The number of esters is 1. The summed E-state index contributed by atoms with van der Waals surface area (Å²) >= 11 is 0. The second kappa shape index (κ2) is 8.11. The largest absolute Gasteiger partial charge is 0.452 e. The smallest absolute Gasteiger partial charge is 0.339 e. The minimum absolute atomic E-state index is 0.110. The lowest BCUT2D eigenvalue weighted by Crippen LogP contribution is -2.44. The van der Waals surface area contributed by atoms with Crippen molar-refractivity contribution in [1.29, 1.82) is 0 Å². The van der Waals surface area contributed by atoms with Gasteiger partial charge in [0.15, 0.2) is 6.61 Å². The van der Waals surface area contributed by atoms with Gasteiger partial charge in [-0.1, -0.05) is 32.0 Å². The fraction of sp³-hybridized carbons (Fsp3) is 0.522. The summed E-state index contributed by atoms with van der Waals surface area (Å²) in [6.07, 6.45) is 1.94. The number of piperidine rings is 1. The summed E-state index contributed by atoms with van der Waals surface area (Å²) in [4.78, 5) is 34.6. The highest BCUT2D eigenvalue weighted by Gasteiger charge is 2.28. The first-order valence-corrected chi connectivity index (χ1v) is 10.5. The van der Waals surface area contributed by atoms with Gasteiger partial charge < -0.3 is 14.5 Å². The maximum atomic E-state index is 13.1. The van der Waals surface area contributed by atoms with Gasteiger partial charge in [-0.25, -0.2) is 4.79 Å². The predicted molar refractivity (Wildman–Crippen MR) is 112 cm³/mol. The molecule has 2 aliphatic heterocycles. The van der Waals surface area contributed by atoms with Gasteiger partial charge in [0.05, 0.1) is 11.1 Å². The Bertz CT molecular complexity index is 932. The van der Waals surface area contributed by atoms with Crippen molar-refractivity contribution in [1.82, 2.24) is 14.8 Å². The van der Waals surface area contributed by atoms with Crippen LogP contribution in [0.5, 0.6) is 0 Å². The number of benzene rings is 1. The van der Waals surface area contributed by atoms with Crippen LogP contribution in [-0.4, -0.2) is 59.9 Å². The number of carbonyl (C=O) groups is 2. The molecule has 3 heterocycles. The van der Waals surface area contributed by atoms with E-state index in [9.17, 15) is 9.59 Å². The first kappa shape index (κ1) is 19.8. The van der Waals surface area contributed by atoms with E-state index in [4.69, 9.17) is 9.72 Å². The summed E-state index contributed by atoms with van der Waals surface area (Å²) < 4.78 is 5.55. The number of likely N-dealkylation sites (tertiary alicyclic amines) is 1. The highest BCUT2D eigenvalue weighted by Crippen LogP contribution is 2.28. The molecule has 2 aliphatic rings. The van der Waals surface area contributed by atoms with E-state index in [-0.39, 0.29) is 12.5 Å². The van der Waals surface area contributed by atoms with Crippen molar-refractivity contribution in [3.63, 3.8) is 0 Å². The van der Waals surface area contributed by atoms with Crippen molar-refractivity contribution in [3.8, 4) is 0 Å². The molecule has 0 aliphatic carbocycles. The van der Waals surface area contributed by atoms with Crippen LogP contribution in [0.2, 0.25) is 0 Å². The Balaban J connectivity index is 1.57. The molecular weight excluding hydrogens is 366 g/mol. The lowest BCUT2D eigenvalue weighted by molar-refractivity contribution is -0.137. The van der Waals surface area contributed by atoms with Crippen LogP contribution in [0.4, 0.5) is 0 Å². The Hall–Kier alpha value is -2.47. The molecule has 0 saturated carbocycles. The number of rotatable bonds is 3. The van der Waals surface area contributed by atoms with Crippen molar-refractivity contribution in [2.24, 2.45) is 11.8 Å². The Morgan fingerprint density at radius 2 is 1.90 bits per heavy atom. The lowest BCUT2D eigenvalue weighted by atomic mass is 9.92. The molecule has 1 amide bonds. The molecule has 6 heteroatoms. The zero-order valence-corrected chi connectivity index (χ0v) is 17.5. The average Bonchev–Trinajstić information content (AvgIpc) is 2.69. The van der Waals surface area contributed by atoms with Gasteiger partial charge in [0.1, 0.15) is 0 Å². The van der Waals surface area contributed by atoms with Gasteiger partial charge in [-0.2, -0.15) is 0 Å². The van der Waals surface area contributed by atoms with Crippen LogP contribution in [-0.2, 0) is 22.5 Å². The first-order valence-electron chi connectivity index (χ1n) is 10.5. The fourth-order valence-corrected chi connectivity index (χ4v) is 4.72. The molecule has 1 saturated heterocycles. The molecule has 0 radical (unpaired) electrons. The van der Waals surface area contributed by atoms with Crippen LogP contribution < -0.4 is 0 Å². The third-order valence-corrected chi connectivity index (χ3v) is 5.99. The van der Waals surface area contributed by atoms with Crippen molar-refractivity contribution in [2.75, 3.05) is 33.3 Å². The van der Waals surface area contributed by atoms with E-state index in [0.29, 0.717) is 23.9 Å². The molecule has 0 N–H and O–H groups in total. The van der Waals surface area contributed by atoms with Gasteiger partial charge in [-0.3, -0.25) is 9.78 Å². The number of likely N-dealkylation sites (N-methyl/N-ethyl adjacent to an activating group) is 1. The van der Waals surface area contributed by atoms with Crippen LogP contribution in [0, 0.1) is 11.8 Å². The molecule has 29 heavy (non-hydrogen) atoms. The van der Waals surface area contributed by atoms with Crippen LogP contribution >= 0.6 is 0 Å². The highest BCUT2D eigenvalue weighted by molar-refractivity contribution is 6.05. The number of ether oxygens (including phenoxy) is 1. The number of carbonyl (C=O) groups excluding carboxylic acids is 2. The first-order chi connectivity index (χ1) is 13.9. The van der Waals surface area contributed by atoms with Crippen molar-refractivity contribution >= 4 is 22.8 Å². The summed E-state index contributed by atoms with van der Waals surface area (Å²) in [5, 5.41) is 0.791. The number of para-hydroxylation sites is 1. The standard InChI is InChI=1S/C23H29N3O3/c1-15-10-16(2)12-26(11-15)21(27)14-29-23(28)22-17-6-4-5-7-19(17)24-20-8-9-25(3)13-18(20)22/h4-7,15-16H,8-14H2,1-3H3. The molecular formula is C23H29N3O3.